The molecular weight excluding hydrogens is 504 g/mol. The Labute approximate surface area is 229 Å². The molecule has 11 heteroatoms. The van der Waals surface area contributed by atoms with E-state index in [1.165, 1.54) is 4.90 Å². The minimum atomic E-state index is -1.18. The summed E-state index contributed by atoms with van der Waals surface area (Å²) < 4.78 is 5.73. The van der Waals surface area contributed by atoms with Crippen LogP contribution in [-0.2, 0) is 35.1 Å². The molecule has 1 aromatic rings. The van der Waals surface area contributed by atoms with Crippen LogP contribution in [0, 0.1) is 11.8 Å². The number of rotatable bonds is 14. The van der Waals surface area contributed by atoms with Gasteiger partial charge in [0, 0.05) is 18.9 Å². The average Bonchev–Trinajstić information content (AvgIpc) is 3.39. The third-order valence-corrected chi connectivity index (χ3v) is 7.05. The van der Waals surface area contributed by atoms with Crippen molar-refractivity contribution in [3.05, 3.63) is 35.9 Å². The van der Waals surface area contributed by atoms with Crippen LogP contribution in [0.25, 0.3) is 0 Å². The predicted molar refractivity (Wildman–Crippen MR) is 144 cm³/mol. The number of nitrogens with two attached hydrogens (primary N) is 1. The topological polar surface area (TPSA) is 168 Å². The molecule has 0 radical (unpaired) electrons. The summed E-state index contributed by atoms with van der Waals surface area (Å²) in [5, 5.41) is 14.7. The summed E-state index contributed by atoms with van der Waals surface area (Å²) in [6, 6.07) is 6.44. The van der Waals surface area contributed by atoms with Crippen molar-refractivity contribution in [3.63, 3.8) is 0 Å². The molecule has 0 aromatic heterocycles. The first-order valence-electron chi connectivity index (χ1n) is 13.5. The molecular formula is C28H42N4O7. The van der Waals surface area contributed by atoms with Crippen LogP contribution in [0.3, 0.4) is 0 Å². The van der Waals surface area contributed by atoms with E-state index in [0.29, 0.717) is 25.8 Å². The van der Waals surface area contributed by atoms with Crippen LogP contribution in [-0.4, -0.2) is 77.0 Å². The third-order valence-electron chi connectivity index (χ3n) is 7.05. The molecule has 0 spiro atoms. The Morgan fingerprint density at radius 2 is 1.79 bits per heavy atom. The van der Waals surface area contributed by atoms with Crippen molar-refractivity contribution in [2.24, 2.45) is 17.6 Å². The van der Waals surface area contributed by atoms with Crippen LogP contribution < -0.4 is 16.4 Å². The van der Waals surface area contributed by atoms with E-state index in [4.69, 9.17) is 10.5 Å². The fourth-order valence-corrected chi connectivity index (χ4v) is 4.46. The number of hydrogen-bond acceptors (Lipinski definition) is 7. The number of ether oxygens (including phenoxy) is 1. The number of carbonyl (C=O) groups is 5. The number of carbonyl (C=O) groups excluding carboxylic acids is 4. The van der Waals surface area contributed by atoms with Crippen molar-refractivity contribution in [3.8, 4) is 0 Å². The number of carboxylic acids is 1. The summed E-state index contributed by atoms with van der Waals surface area (Å²) in [6.45, 7) is 7.26. The molecule has 1 heterocycles. The largest absolute Gasteiger partial charge is 0.481 e. The highest BCUT2D eigenvalue weighted by Crippen LogP contribution is 2.26. The van der Waals surface area contributed by atoms with Gasteiger partial charge >= 0.3 is 11.9 Å². The lowest BCUT2D eigenvalue weighted by atomic mass is 9.97. The van der Waals surface area contributed by atoms with Gasteiger partial charge in [-0.1, -0.05) is 64.4 Å². The number of esters is 1. The van der Waals surface area contributed by atoms with Gasteiger partial charge in [-0.2, -0.15) is 0 Å². The zero-order chi connectivity index (χ0) is 29.1. The summed E-state index contributed by atoms with van der Waals surface area (Å²) in [4.78, 5) is 64.3. The van der Waals surface area contributed by atoms with Crippen molar-refractivity contribution in [1.29, 1.82) is 0 Å². The molecule has 11 nitrogen and oxygen atoms in total. The molecule has 1 aliphatic rings. The Morgan fingerprint density at radius 1 is 1.13 bits per heavy atom. The Hall–Kier alpha value is -3.47. The molecule has 0 aliphatic carbocycles. The summed E-state index contributed by atoms with van der Waals surface area (Å²) in [6.07, 6.45) is 0.252. The van der Waals surface area contributed by atoms with Gasteiger partial charge in [0.15, 0.2) is 0 Å². The van der Waals surface area contributed by atoms with Crippen LogP contribution in [0.5, 0.6) is 0 Å². The molecule has 2 rings (SSSR count). The molecule has 1 saturated heterocycles. The summed E-state index contributed by atoms with van der Waals surface area (Å²) in [5.41, 5.74) is 6.93. The number of likely N-dealkylation sites (tertiary alicyclic amines) is 1. The maximum atomic E-state index is 13.4. The minimum absolute atomic E-state index is 0.0686. The molecule has 1 aromatic carbocycles. The molecule has 39 heavy (non-hydrogen) atoms. The quantitative estimate of drug-likeness (QED) is 0.253. The molecule has 216 valence electrons. The second-order valence-electron chi connectivity index (χ2n) is 10.4. The number of benzene rings is 1. The molecule has 1 fully saturated rings. The monoisotopic (exact) mass is 546 g/mol. The molecule has 0 saturated carbocycles. The van der Waals surface area contributed by atoms with Gasteiger partial charge in [0.2, 0.25) is 17.7 Å². The molecule has 5 atom stereocenters. The zero-order valence-electron chi connectivity index (χ0n) is 23.2. The first kappa shape index (κ1) is 31.7. The van der Waals surface area contributed by atoms with Crippen LogP contribution in [0.1, 0.15) is 58.9 Å². The Kier molecular flexibility index (Phi) is 12.4. The number of carboxylic acid groups (broad SMARTS) is 1. The SMILES string of the molecule is CC[C@H](C)[C@H](N)C(=O)N1CCC[C@H]1[C@H](CC(=O)O)OC(=O)[C@H](Cc1ccccc1)NC(=O)CNC(=O)C(C)C. The Balaban J connectivity index is 2.23. The van der Waals surface area contributed by atoms with Crippen molar-refractivity contribution < 1.29 is 33.8 Å². The fourth-order valence-electron chi connectivity index (χ4n) is 4.46. The van der Waals surface area contributed by atoms with Crippen molar-refractivity contribution in [2.75, 3.05) is 13.1 Å². The standard InChI is InChI=1S/C28H42N4O7/c1-5-18(4)25(29)27(37)32-13-9-12-21(32)22(15-24(34)35)39-28(38)20(14-19-10-7-6-8-11-19)31-23(33)16-30-26(36)17(2)3/h6-8,10-11,17-18,20-22,25H,5,9,12-16,29H2,1-4H3,(H,30,36)(H,31,33)(H,34,35)/t18-,20-,21-,22-,25-/m0/s1. The molecule has 0 bridgehead atoms. The van der Waals surface area contributed by atoms with Crippen molar-refractivity contribution in [1.82, 2.24) is 15.5 Å². The number of nitrogens with zero attached hydrogens (tertiary/aromatic N) is 1. The second kappa shape index (κ2) is 15.2. The van der Waals surface area contributed by atoms with Gasteiger partial charge in [-0.05, 0) is 24.3 Å². The van der Waals surface area contributed by atoms with Crippen LogP contribution >= 0.6 is 0 Å². The van der Waals surface area contributed by atoms with Gasteiger partial charge in [-0.25, -0.2) is 4.79 Å². The number of aliphatic carboxylic acids is 1. The van der Waals surface area contributed by atoms with Gasteiger partial charge in [-0.3, -0.25) is 19.2 Å². The average molecular weight is 547 g/mol. The highest BCUT2D eigenvalue weighted by atomic mass is 16.5. The normalized spacial score (nSPS) is 18.1. The fraction of sp³-hybridized carbons (Fsp3) is 0.607. The maximum Gasteiger partial charge on any atom is 0.329 e. The van der Waals surface area contributed by atoms with E-state index >= 15 is 0 Å². The molecule has 5 N–H and O–H groups in total. The van der Waals surface area contributed by atoms with Crippen LogP contribution in [0.15, 0.2) is 30.3 Å². The number of amides is 3. The minimum Gasteiger partial charge on any atom is -0.481 e. The molecule has 0 unspecified atom stereocenters. The summed E-state index contributed by atoms with van der Waals surface area (Å²) in [5.74, 6) is -3.58. The van der Waals surface area contributed by atoms with Crippen LogP contribution in [0.2, 0.25) is 0 Å². The third kappa shape index (κ3) is 9.65. The lowest BCUT2D eigenvalue weighted by Crippen LogP contribution is -2.54. The van der Waals surface area contributed by atoms with Crippen molar-refractivity contribution in [2.45, 2.75) is 84.0 Å². The van der Waals surface area contributed by atoms with E-state index in [2.05, 4.69) is 10.6 Å². The summed E-state index contributed by atoms with van der Waals surface area (Å²) in [7, 11) is 0. The van der Waals surface area contributed by atoms with E-state index in [1.807, 2.05) is 19.9 Å². The lowest BCUT2D eigenvalue weighted by molar-refractivity contribution is -0.162. The van der Waals surface area contributed by atoms with Gasteiger partial charge in [0.1, 0.15) is 12.1 Å². The Bertz CT molecular complexity index is 1000. The van der Waals surface area contributed by atoms with E-state index in [-0.39, 0.29) is 36.6 Å². The van der Waals surface area contributed by atoms with E-state index in [1.54, 1.807) is 38.1 Å². The van der Waals surface area contributed by atoms with Gasteiger partial charge in [-0.15, -0.1) is 0 Å². The second-order valence-corrected chi connectivity index (χ2v) is 10.4. The first-order valence-corrected chi connectivity index (χ1v) is 13.5. The van der Waals surface area contributed by atoms with Crippen molar-refractivity contribution >= 4 is 29.7 Å². The highest BCUT2D eigenvalue weighted by Gasteiger charge is 2.41. The Morgan fingerprint density at radius 3 is 2.38 bits per heavy atom. The lowest BCUT2D eigenvalue weighted by Gasteiger charge is -2.34. The molecule has 1 aliphatic heterocycles. The van der Waals surface area contributed by atoms with E-state index < -0.39 is 48.5 Å². The van der Waals surface area contributed by atoms with Crippen LogP contribution in [0.4, 0.5) is 0 Å². The first-order chi connectivity index (χ1) is 18.4. The van der Waals surface area contributed by atoms with E-state index in [9.17, 15) is 29.1 Å². The highest BCUT2D eigenvalue weighted by molar-refractivity contribution is 5.89. The number of nitrogens with one attached hydrogen (secondary N) is 2. The van der Waals surface area contributed by atoms with Gasteiger partial charge in [0.05, 0.1) is 25.0 Å². The summed E-state index contributed by atoms with van der Waals surface area (Å²) >= 11 is 0. The predicted octanol–water partition coefficient (Wildman–Crippen LogP) is 1.24. The van der Waals surface area contributed by atoms with E-state index in [0.717, 1.165) is 5.56 Å². The molecule has 3 amide bonds. The smallest absolute Gasteiger partial charge is 0.329 e. The maximum absolute atomic E-state index is 13.4. The zero-order valence-corrected chi connectivity index (χ0v) is 23.2. The van der Waals surface area contributed by atoms with Gasteiger partial charge < -0.3 is 31.1 Å². The number of hydrogen-bond donors (Lipinski definition) is 4. The van der Waals surface area contributed by atoms with Gasteiger partial charge in [0.25, 0.3) is 0 Å².